The molecule has 1 aliphatic rings. The molecule has 0 heterocycles. The maximum absolute atomic E-state index is 2.41. The van der Waals surface area contributed by atoms with Gasteiger partial charge in [0.25, 0.3) is 0 Å². The molecule has 0 aromatic heterocycles. The third-order valence-electron chi connectivity index (χ3n) is 2.52. The molecule has 0 amide bonds. The van der Waals surface area contributed by atoms with Gasteiger partial charge in [0.15, 0.2) is 0 Å². The summed E-state index contributed by atoms with van der Waals surface area (Å²) in [4.78, 5) is 0. The molecule has 0 spiro atoms. The van der Waals surface area contributed by atoms with Crippen LogP contribution in [0.4, 0.5) is 0 Å². The van der Waals surface area contributed by atoms with Crippen LogP contribution in [0, 0.1) is 5.92 Å². The first-order valence-corrected chi connectivity index (χ1v) is 7.07. The van der Waals surface area contributed by atoms with E-state index >= 15 is 0 Å². The zero-order valence-electron chi connectivity index (χ0n) is 8.42. The van der Waals surface area contributed by atoms with E-state index in [1.54, 1.807) is 5.57 Å². The maximum atomic E-state index is 2.41. The Hall–Kier alpha value is -0.000519. The van der Waals surface area contributed by atoms with E-state index in [2.05, 4.69) is 44.8 Å². The average molecular weight is 229 g/mol. The summed E-state index contributed by atoms with van der Waals surface area (Å²) in [5.41, 5.74) is 1.54. The summed E-state index contributed by atoms with van der Waals surface area (Å²) >= 11 is 0.698. The van der Waals surface area contributed by atoms with Crippen LogP contribution in [0.15, 0.2) is 23.8 Å². The zero-order chi connectivity index (χ0) is 9.19. The van der Waals surface area contributed by atoms with Crippen LogP contribution in [0.3, 0.4) is 0 Å². The zero-order valence-corrected chi connectivity index (χ0v) is 10.1. The number of hydrogen-bond donors (Lipinski definition) is 0. The van der Waals surface area contributed by atoms with Gasteiger partial charge in [-0.1, -0.05) is 0 Å². The van der Waals surface area contributed by atoms with Crippen LogP contribution in [0.2, 0.25) is 10.1 Å². The fourth-order valence-corrected chi connectivity index (χ4v) is 2.10. The van der Waals surface area contributed by atoms with Gasteiger partial charge in [0.05, 0.1) is 0 Å². The number of rotatable bonds is 2. The van der Waals surface area contributed by atoms with Crippen LogP contribution in [0.25, 0.3) is 0 Å². The fourth-order valence-electron chi connectivity index (χ4n) is 1.29. The van der Waals surface area contributed by atoms with E-state index < -0.39 is 0 Å². The topological polar surface area (TPSA) is 0 Å². The van der Waals surface area contributed by atoms with Crippen molar-refractivity contribution < 1.29 is 0 Å². The van der Waals surface area contributed by atoms with Gasteiger partial charge in [0, 0.05) is 0 Å². The van der Waals surface area contributed by atoms with Crippen molar-refractivity contribution in [3.8, 4) is 0 Å². The molecule has 0 aromatic carbocycles. The van der Waals surface area contributed by atoms with Gasteiger partial charge < -0.3 is 0 Å². The van der Waals surface area contributed by atoms with Crippen molar-refractivity contribution in [1.29, 1.82) is 0 Å². The summed E-state index contributed by atoms with van der Waals surface area (Å²) < 4.78 is 0.434. The van der Waals surface area contributed by atoms with Gasteiger partial charge in [-0.15, -0.1) is 0 Å². The molecule has 0 N–H and O–H groups in total. The Kier molecular flexibility index (Phi) is 3.20. The predicted molar refractivity (Wildman–Crippen MR) is 56.7 cm³/mol. The first-order chi connectivity index (χ1) is 5.56. The van der Waals surface area contributed by atoms with E-state index in [0.29, 0.717) is 19.3 Å². The third kappa shape index (κ3) is 2.24. The van der Waals surface area contributed by atoms with Crippen molar-refractivity contribution in [2.24, 2.45) is 5.92 Å². The van der Waals surface area contributed by atoms with Gasteiger partial charge in [-0.05, 0) is 0 Å². The van der Waals surface area contributed by atoms with Crippen LogP contribution in [0.5, 0.6) is 0 Å². The van der Waals surface area contributed by atoms with Crippen molar-refractivity contribution in [3.63, 3.8) is 0 Å². The second kappa shape index (κ2) is 3.81. The molecule has 0 nitrogen and oxygen atoms in total. The first-order valence-electron chi connectivity index (χ1n) is 4.50. The van der Waals surface area contributed by atoms with Crippen LogP contribution < -0.4 is 0 Å². The number of hydrogen-bond acceptors (Lipinski definition) is 0. The summed E-state index contributed by atoms with van der Waals surface area (Å²) in [6, 6.07) is 0. The number of allylic oxidation sites excluding steroid dienone is 4. The molecule has 0 unspecified atom stereocenters. The molecule has 0 radical (unpaired) electrons. The summed E-state index contributed by atoms with van der Waals surface area (Å²) in [6.45, 7) is 6.96. The Labute approximate surface area is 82.3 Å². The van der Waals surface area contributed by atoms with Gasteiger partial charge in [-0.25, -0.2) is 0 Å². The monoisotopic (exact) mass is 230 g/mol. The van der Waals surface area contributed by atoms with E-state index in [9.17, 15) is 0 Å². The molecule has 0 aliphatic heterocycles. The minimum absolute atomic E-state index is 0.434. The molecule has 1 atom stereocenters. The first kappa shape index (κ1) is 10.1. The van der Waals surface area contributed by atoms with Crippen LogP contribution in [0.1, 0.15) is 27.2 Å². The standard InChI is InChI=1S/C11H18Se/c1-9-5-7-10(8-6-9)11(2,3)12-4/h5,7-9H,6H2,1-4H3/t9-/m1/s1. The average Bonchev–Trinajstić information content (AvgIpc) is 2.05. The van der Waals surface area contributed by atoms with Crippen LogP contribution in [-0.4, -0.2) is 15.0 Å². The van der Waals surface area contributed by atoms with Gasteiger partial charge in [0.2, 0.25) is 0 Å². The van der Waals surface area contributed by atoms with Gasteiger partial charge >= 0.3 is 82.0 Å². The molecule has 12 heavy (non-hydrogen) atoms. The van der Waals surface area contributed by atoms with E-state index in [-0.39, 0.29) is 0 Å². The van der Waals surface area contributed by atoms with Crippen molar-refractivity contribution in [1.82, 2.24) is 0 Å². The van der Waals surface area contributed by atoms with E-state index in [0.717, 1.165) is 5.92 Å². The molecule has 0 bridgehead atoms. The normalized spacial score (nSPS) is 24.0. The molecule has 0 saturated carbocycles. The fraction of sp³-hybridized carbons (Fsp3) is 0.636. The Morgan fingerprint density at radius 2 is 2.17 bits per heavy atom. The Morgan fingerprint density at radius 3 is 2.58 bits per heavy atom. The van der Waals surface area contributed by atoms with Gasteiger partial charge in [-0.3, -0.25) is 0 Å². The molecular formula is C11H18Se. The van der Waals surface area contributed by atoms with Crippen molar-refractivity contribution in [3.05, 3.63) is 23.8 Å². The predicted octanol–water partition coefficient (Wildman–Crippen LogP) is 3.46. The van der Waals surface area contributed by atoms with Gasteiger partial charge in [0.1, 0.15) is 0 Å². The molecular weight excluding hydrogens is 211 g/mol. The molecule has 68 valence electrons. The van der Waals surface area contributed by atoms with E-state index in [4.69, 9.17) is 0 Å². The Balaban J connectivity index is 2.72. The Morgan fingerprint density at radius 1 is 1.50 bits per heavy atom. The van der Waals surface area contributed by atoms with Crippen molar-refractivity contribution in [2.75, 3.05) is 0 Å². The van der Waals surface area contributed by atoms with Crippen LogP contribution in [-0.2, 0) is 0 Å². The summed E-state index contributed by atoms with van der Waals surface area (Å²) in [5.74, 6) is 3.06. The summed E-state index contributed by atoms with van der Waals surface area (Å²) in [7, 11) is 0. The third-order valence-corrected chi connectivity index (χ3v) is 5.16. The van der Waals surface area contributed by atoms with Crippen LogP contribution >= 0.6 is 0 Å². The molecule has 0 aromatic rings. The minimum atomic E-state index is 0.434. The van der Waals surface area contributed by atoms with E-state index in [1.165, 1.54) is 6.42 Å². The molecule has 1 aliphatic carbocycles. The molecule has 1 rings (SSSR count). The van der Waals surface area contributed by atoms with E-state index in [1.807, 2.05) is 0 Å². The van der Waals surface area contributed by atoms with Crippen molar-refractivity contribution in [2.45, 2.75) is 37.3 Å². The molecule has 0 saturated heterocycles. The second-order valence-corrected chi connectivity index (χ2v) is 6.94. The second-order valence-electron chi connectivity index (χ2n) is 3.95. The van der Waals surface area contributed by atoms with Gasteiger partial charge in [-0.2, -0.15) is 0 Å². The molecule has 0 fully saturated rings. The Bertz CT molecular complexity index is 211. The summed E-state index contributed by atoms with van der Waals surface area (Å²) in [5, 5.41) is 0. The quantitative estimate of drug-likeness (QED) is 0.636. The SMILES string of the molecule is C[Se]C(C)(C)C1=CC[C@H](C)C=C1. The van der Waals surface area contributed by atoms with Crippen molar-refractivity contribution >= 4 is 15.0 Å². The molecule has 1 heteroatoms. The summed E-state index contributed by atoms with van der Waals surface area (Å²) in [6.07, 6.45) is 8.30.